The van der Waals surface area contributed by atoms with Crippen molar-refractivity contribution in [1.29, 1.82) is 0 Å². The molecule has 2 rings (SSSR count). The van der Waals surface area contributed by atoms with Gasteiger partial charge < -0.3 is 10.4 Å². The van der Waals surface area contributed by atoms with Gasteiger partial charge in [0.2, 0.25) is 0 Å². The summed E-state index contributed by atoms with van der Waals surface area (Å²) in [6, 6.07) is 10.5. The summed E-state index contributed by atoms with van der Waals surface area (Å²) in [5.74, 6) is 0.0176. The molecule has 0 saturated heterocycles. The molecular formula is C18H18ClIN2O2S. The Kier molecular flexibility index (Phi) is 7.04. The van der Waals surface area contributed by atoms with Crippen LogP contribution in [0.2, 0.25) is 5.02 Å². The van der Waals surface area contributed by atoms with E-state index in [1.54, 1.807) is 18.2 Å². The van der Waals surface area contributed by atoms with Crippen molar-refractivity contribution in [3.05, 3.63) is 56.1 Å². The Bertz CT molecular complexity index is 814. The zero-order valence-electron chi connectivity index (χ0n) is 13.8. The Morgan fingerprint density at radius 1 is 1.32 bits per heavy atom. The first-order valence-corrected chi connectivity index (χ1v) is 9.58. The van der Waals surface area contributed by atoms with E-state index in [9.17, 15) is 9.90 Å². The predicted octanol–water partition coefficient (Wildman–Crippen LogP) is 5.29. The zero-order valence-corrected chi connectivity index (χ0v) is 17.5. The molecule has 0 fully saturated rings. The van der Waals surface area contributed by atoms with Crippen LogP contribution in [0, 0.1) is 3.57 Å². The number of carbonyl (C=O) groups is 1. The van der Waals surface area contributed by atoms with Gasteiger partial charge in [-0.2, -0.15) is 0 Å². The summed E-state index contributed by atoms with van der Waals surface area (Å²) in [5, 5.41) is 15.9. The van der Waals surface area contributed by atoms with Crippen LogP contribution in [0.25, 0.3) is 0 Å². The van der Waals surface area contributed by atoms with Gasteiger partial charge in [0.25, 0.3) is 5.91 Å². The Morgan fingerprint density at radius 2 is 2.04 bits per heavy atom. The number of phenols is 1. The molecule has 1 atom stereocenters. The first-order valence-electron chi connectivity index (χ1n) is 7.72. The fraction of sp³-hybridized carbons (Fsp3) is 0.222. The smallest absolute Gasteiger partial charge is 0.258 e. The number of benzene rings is 2. The van der Waals surface area contributed by atoms with Crippen LogP contribution in [-0.2, 0) is 0 Å². The Balaban J connectivity index is 2.12. The second-order valence-electron chi connectivity index (χ2n) is 5.62. The van der Waals surface area contributed by atoms with Crippen LogP contribution in [0.1, 0.15) is 42.1 Å². The third-order valence-electron chi connectivity index (χ3n) is 3.85. The molecule has 0 aliphatic carbocycles. The minimum atomic E-state index is -0.404. The van der Waals surface area contributed by atoms with Crippen LogP contribution >= 0.6 is 46.4 Å². The third-order valence-corrected chi connectivity index (χ3v) is 5.06. The molecule has 0 aliphatic rings. The molecule has 0 aliphatic heterocycles. The molecule has 0 heterocycles. The average molecular weight is 489 g/mol. The first-order chi connectivity index (χ1) is 11.8. The van der Waals surface area contributed by atoms with E-state index < -0.39 is 5.91 Å². The number of hydrogen-bond acceptors (Lipinski definition) is 3. The number of aromatic hydroxyl groups is 1. The topological polar surface area (TPSA) is 61.4 Å². The second-order valence-corrected chi connectivity index (χ2v) is 7.68. The van der Waals surface area contributed by atoms with E-state index in [0.717, 1.165) is 15.6 Å². The number of rotatable bonds is 4. The number of nitrogens with one attached hydrogen (secondary N) is 2. The zero-order chi connectivity index (χ0) is 18.6. The molecule has 1 amide bonds. The lowest BCUT2D eigenvalue weighted by Crippen LogP contribution is -2.34. The van der Waals surface area contributed by atoms with Gasteiger partial charge in [0.05, 0.1) is 16.3 Å². The molecular weight excluding hydrogens is 471 g/mol. The molecule has 4 nitrogen and oxygen atoms in total. The maximum atomic E-state index is 12.3. The lowest BCUT2D eigenvalue weighted by atomic mass is 9.98. The summed E-state index contributed by atoms with van der Waals surface area (Å²) >= 11 is 13.4. The second kappa shape index (κ2) is 8.82. The van der Waals surface area contributed by atoms with Crippen LogP contribution in [0.3, 0.4) is 0 Å². The number of halogens is 2. The fourth-order valence-corrected chi connectivity index (χ4v) is 3.09. The van der Waals surface area contributed by atoms with Crippen LogP contribution in [-0.4, -0.2) is 16.1 Å². The number of thiocarbonyl (C=S) groups is 1. The lowest BCUT2D eigenvalue weighted by Gasteiger charge is -2.15. The van der Waals surface area contributed by atoms with Crippen molar-refractivity contribution < 1.29 is 9.90 Å². The molecule has 0 spiro atoms. The first kappa shape index (κ1) is 19.9. The molecule has 7 heteroatoms. The normalized spacial score (nSPS) is 11.7. The number of anilines is 1. The van der Waals surface area contributed by atoms with Gasteiger partial charge in [-0.3, -0.25) is 10.1 Å². The van der Waals surface area contributed by atoms with E-state index in [-0.39, 0.29) is 10.9 Å². The van der Waals surface area contributed by atoms with Crippen LogP contribution in [0.4, 0.5) is 5.69 Å². The summed E-state index contributed by atoms with van der Waals surface area (Å²) in [4.78, 5) is 12.3. The molecule has 2 aromatic carbocycles. The van der Waals surface area contributed by atoms with Gasteiger partial charge in [-0.25, -0.2) is 0 Å². The van der Waals surface area contributed by atoms with Gasteiger partial charge in [-0.05, 0) is 83.0 Å². The van der Waals surface area contributed by atoms with Crippen molar-refractivity contribution in [3.63, 3.8) is 0 Å². The molecule has 0 bridgehead atoms. The maximum Gasteiger partial charge on any atom is 0.258 e. The minimum absolute atomic E-state index is 0.0657. The van der Waals surface area contributed by atoms with Gasteiger partial charge in [-0.15, -0.1) is 0 Å². The maximum absolute atomic E-state index is 12.3. The molecule has 3 N–H and O–H groups in total. The van der Waals surface area contributed by atoms with E-state index in [1.165, 1.54) is 0 Å². The minimum Gasteiger partial charge on any atom is -0.506 e. The van der Waals surface area contributed by atoms with Crippen LogP contribution in [0.5, 0.6) is 5.75 Å². The van der Waals surface area contributed by atoms with Crippen molar-refractivity contribution in [3.8, 4) is 5.75 Å². The highest BCUT2D eigenvalue weighted by atomic mass is 127. The van der Waals surface area contributed by atoms with E-state index in [4.69, 9.17) is 23.8 Å². The number of amides is 1. The van der Waals surface area contributed by atoms with Gasteiger partial charge in [0, 0.05) is 3.57 Å². The van der Waals surface area contributed by atoms with Crippen molar-refractivity contribution in [1.82, 2.24) is 5.32 Å². The SMILES string of the molecule is CCC(C)c1ccc(O)c(NC(=S)NC(=O)c2cc(I)ccc2Cl)c1. The molecule has 132 valence electrons. The number of phenolic OH excluding ortho intramolecular Hbond substituents is 1. The quantitative estimate of drug-likeness (QED) is 0.311. The van der Waals surface area contributed by atoms with Gasteiger partial charge in [-0.1, -0.05) is 31.5 Å². The summed E-state index contributed by atoms with van der Waals surface area (Å²) in [6.45, 7) is 4.20. The molecule has 0 saturated carbocycles. The summed E-state index contributed by atoms with van der Waals surface area (Å²) in [7, 11) is 0. The Hall–Kier alpha value is -1.38. The van der Waals surface area contributed by atoms with Crippen molar-refractivity contribution in [2.75, 3.05) is 5.32 Å². The van der Waals surface area contributed by atoms with E-state index >= 15 is 0 Å². The predicted molar refractivity (Wildman–Crippen MR) is 115 cm³/mol. The monoisotopic (exact) mass is 488 g/mol. The van der Waals surface area contributed by atoms with Gasteiger partial charge in [0.15, 0.2) is 5.11 Å². The average Bonchev–Trinajstić information content (AvgIpc) is 2.58. The van der Waals surface area contributed by atoms with E-state index in [2.05, 4.69) is 47.1 Å². The molecule has 0 radical (unpaired) electrons. The van der Waals surface area contributed by atoms with Gasteiger partial charge >= 0.3 is 0 Å². The molecule has 25 heavy (non-hydrogen) atoms. The van der Waals surface area contributed by atoms with Crippen molar-refractivity contribution in [2.45, 2.75) is 26.2 Å². The van der Waals surface area contributed by atoms with Crippen molar-refractivity contribution in [2.24, 2.45) is 0 Å². The lowest BCUT2D eigenvalue weighted by molar-refractivity contribution is 0.0978. The van der Waals surface area contributed by atoms with E-state index in [0.29, 0.717) is 22.2 Å². The Labute approximate surface area is 171 Å². The standard InChI is InChI=1S/C18H18ClIN2O2S/c1-3-10(2)11-4-7-16(23)15(8-11)21-18(25)22-17(24)13-9-12(20)5-6-14(13)19/h4-10,23H,3H2,1-2H3,(H2,21,22,24,25). The highest BCUT2D eigenvalue weighted by molar-refractivity contribution is 14.1. The van der Waals surface area contributed by atoms with Crippen LogP contribution in [0.15, 0.2) is 36.4 Å². The van der Waals surface area contributed by atoms with Gasteiger partial charge in [0.1, 0.15) is 5.75 Å². The molecule has 2 aromatic rings. The largest absolute Gasteiger partial charge is 0.506 e. The van der Waals surface area contributed by atoms with Crippen molar-refractivity contribution >= 4 is 63.1 Å². The number of carbonyl (C=O) groups excluding carboxylic acids is 1. The van der Waals surface area contributed by atoms with E-state index in [1.807, 2.05) is 18.2 Å². The number of hydrogen-bond donors (Lipinski definition) is 3. The fourth-order valence-electron chi connectivity index (χ4n) is 2.19. The molecule has 1 unspecified atom stereocenters. The summed E-state index contributed by atoms with van der Waals surface area (Å²) in [6.07, 6.45) is 0.983. The highest BCUT2D eigenvalue weighted by Gasteiger charge is 2.14. The summed E-state index contributed by atoms with van der Waals surface area (Å²) in [5.41, 5.74) is 1.88. The van der Waals surface area contributed by atoms with Crippen LogP contribution < -0.4 is 10.6 Å². The highest BCUT2D eigenvalue weighted by Crippen LogP contribution is 2.29. The Morgan fingerprint density at radius 3 is 2.72 bits per heavy atom. The third kappa shape index (κ3) is 5.29. The molecule has 0 aromatic heterocycles. The summed E-state index contributed by atoms with van der Waals surface area (Å²) < 4.78 is 0.893.